The summed E-state index contributed by atoms with van der Waals surface area (Å²) >= 11 is 0. The van der Waals surface area contributed by atoms with Crippen molar-refractivity contribution in [2.75, 3.05) is 0 Å². The molecule has 5 heteroatoms. The molecule has 22 heavy (non-hydrogen) atoms. The van der Waals surface area contributed by atoms with Gasteiger partial charge in [0, 0.05) is 11.1 Å². The molecule has 0 aromatic heterocycles. The van der Waals surface area contributed by atoms with E-state index in [9.17, 15) is 9.90 Å². The molecule has 5 nitrogen and oxygen atoms in total. The van der Waals surface area contributed by atoms with Crippen LogP contribution in [0.25, 0.3) is 17.2 Å². The Kier molecular flexibility index (Phi) is 4.58. The molecule has 0 aliphatic carbocycles. The van der Waals surface area contributed by atoms with Gasteiger partial charge >= 0.3 is 0 Å². The van der Waals surface area contributed by atoms with Gasteiger partial charge in [-0.05, 0) is 30.2 Å². The SMILES string of the molecule is C/C(=C\c1ccccc1-c1ccccc1O)C(=O)NC(=N)N. The Morgan fingerprint density at radius 3 is 2.36 bits per heavy atom. The van der Waals surface area contributed by atoms with E-state index < -0.39 is 11.9 Å². The number of phenolic OH excluding ortho intramolecular Hbond substituents is 1. The van der Waals surface area contributed by atoms with Crippen LogP contribution in [0, 0.1) is 5.41 Å². The second-order valence-corrected chi connectivity index (χ2v) is 4.80. The molecule has 0 radical (unpaired) electrons. The Balaban J connectivity index is 2.44. The first kappa shape index (κ1) is 15.3. The maximum Gasteiger partial charge on any atom is 0.253 e. The summed E-state index contributed by atoms with van der Waals surface area (Å²) in [5.41, 5.74) is 7.87. The smallest absolute Gasteiger partial charge is 0.253 e. The summed E-state index contributed by atoms with van der Waals surface area (Å²) in [5.74, 6) is -0.652. The van der Waals surface area contributed by atoms with Gasteiger partial charge in [0.1, 0.15) is 5.75 Å². The number of carbonyl (C=O) groups is 1. The Hall–Kier alpha value is -3.08. The molecule has 0 aliphatic rings. The molecule has 0 unspecified atom stereocenters. The first-order chi connectivity index (χ1) is 10.5. The molecular formula is C17H17N3O2. The lowest BCUT2D eigenvalue weighted by atomic mass is 9.97. The monoisotopic (exact) mass is 295 g/mol. The van der Waals surface area contributed by atoms with Crippen LogP contribution >= 0.6 is 0 Å². The van der Waals surface area contributed by atoms with E-state index in [1.807, 2.05) is 36.4 Å². The molecule has 0 spiro atoms. The van der Waals surface area contributed by atoms with Crippen molar-refractivity contribution in [3.63, 3.8) is 0 Å². The van der Waals surface area contributed by atoms with Gasteiger partial charge in [0.25, 0.3) is 5.91 Å². The van der Waals surface area contributed by atoms with E-state index in [0.29, 0.717) is 11.1 Å². The van der Waals surface area contributed by atoms with Crippen molar-refractivity contribution in [1.29, 1.82) is 5.41 Å². The predicted molar refractivity (Wildman–Crippen MR) is 87.3 cm³/mol. The minimum Gasteiger partial charge on any atom is -0.507 e. The van der Waals surface area contributed by atoms with Crippen molar-refractivity contribution >= 4 is 17.9 Å². The molecule has 2 aromatic rings. The minimum atomic E-state index is -0.431. The van der Waals surface area contributed by atoms with E-state index in [4.69, 9.17) is 11.1 Å². The van der Waals surface area contributed by atoms with Gasteiger partial charge < -0.3 is 10.8 Å². The van der Waals surface area contributed by atoms with E-state index in [1.165, 1.54) is 0 Å². The summed E-state index contributed by atoms with van der Waals surface area (Å²) in [6.45, 7) is 1.64. The number of para-hydroxylation sites is 1. The summed E-state index contributed by atoms with van der Waals surface area (Å²) in [7, 11) is 0. The molecule has 0 aliphatic heterocycles. The zero-order chi connectivity index (χ0) is 16.1. The number of hydrogen-bond acceptors (Lipinski definition) is 3. The Labute approximate surface area is 128 Å². The van der Waals surface area contributed by atoms with Gasteiger partial charge in [-0.15, -0.1) is 0 Å². The van der Waals surface area contributed by atoms with Crippen molar-refractivity contribution in [3.05, 3.63) is 59.7 Å². The maximum atomic E-state index is 11.8. The molecule has 0 fully saturated rings. The topological polar surface area (TPSA) is 99.2 Å². The summed E-state index contributed by atoms with van der Waals surface area (Å²) in [5, 5.41) is 19.3. The molecule has 1 amide bonds. The lowest BCUT2D eigenvalue weighted by molar-refractivity contribution is -0.116. The van der Waals surface area contributed by atoms with Gasteiger partial charge in [-0.1, -0.05) is 42.5 Å². The molecule has 112 valence electrons. The number of nitrogens with one attached hydrogen (secondary N) is 2. The number of benzene rings is 2. The summed E-state index contributed by atoms with van der Waals surface area (Å²) < 4.78 is 0. The average molecular weight is 295 g/mol. The molecule has 2 aromatic carbocycles. The summed E-state index contributed by atoms with van der Waals surface area (Å²) in [4.78, 5) is 11.8. The lowest BCUT2D eigenvalue weighted by Crippen LogP contribution is -2.36. The van der Waals surface area contributed by atoms with Crippen LogP contribution < -0.4 is 11.1 Å². The number of aromatic hydroxyl groups is 1. The third kappa shape index (κ3) is 3.52. The van der Waals surface area contributed by atoms with E-state index in [0.717, 1.165) is 11.1 Å². The number of phenols is 1. The highest BCUT2D eigenvalue weighted by Crippen LogP contribution is 2.32. The van der Waals surface area contributed by atoms with E-state index >= 15 is 0 Å². The number of amides is 1. The standard InChI is InChI=1S/C17H17N3O2/c1-11(16(22)20-17(18)19)10-12-6-2-3-7-13(12)14-8-4-5-9-15(14)21/h2-10,21H,1H3,(H4,18,19,20,22)/b11-10+. The van der Waals surface area contributed by atoms with Crippen LogP contribution in [-0.2, 0) is 4.79 Å². The fourth-order valence-corrected chi connectivity index (χ4v) is 2.09. The van der Waals surface area contributed by atoms with Crippen LogP contribution in [0.15, 0.2) is 54.1 Å². The predicted octanol–water partition coefficient (Wildman–Crippen LogP) is 2.47. The Morgan fingerprint density at radius 1 is 1.14 bits per heavy atom. The molecule has 0 bridgehead atoms. The van der Waals surface area contributed by atoms with Crippen LogP contribution in [0.5, 0.6) is 5.75 Å². The molecule has 0 heterocycles. The Morgan fingerprint density at radius 2 is 1.73 bits per heavy atom. The van der Waals surface area contributed by atoms with Crippen molar-refractivity contribution < 1.29 is 9.90 Å². The van der Waals surface area contributed by atoms with Crippen molar-refractivity contribution in [2.45, 2.75) is 6.92 Å². The van der Waals surface area contributed by atoms with Crippen molar-refractivity contribution in [2.24, 2.45) is 5.73 Å². The zero-order valence-electron chi connectivity index (χ0n) is 12.1. The second kappa shape index (κ2) is 6.58. The van der Waals surface area contributed by atoms with Crippen LogP contribution in [0.3, 0.4) is 0 Å². The van der Waals surface area contributed by atoms with Crippen LogP contribution in [0.2, 0.25) is 0 Å². The number of rotatable bonds is 3. The van der Waals surface area contributed by atoms with Gasteiger partial charge in [0.15, 0.2) is 5.96 Å². The van der Waals surface area contributed by atoms with Crippen LogP contribution in [0.1, 0.15) is 12.5 Å². The van der Waals surface area contributed by atoms with E-state index in [-0.39, 0.29) is 5.75 Å². The minimum absolute atomic E-state index is 0.175. The lowest BCUT2D eigenvalue weighted by Gasteiger charge is -2.09. The molecule has 5 N–H and O–H groups in total. The second-order valence-electron chi connectivity index (χ2n) is 4.80. The molecule has 0 saturated heterocycles. The average Bonchev–Trinajstić information content (AvgIpc) is 2.48. The van der Waals surface area contributed by atoms with Gasteiger partial charge in [0.05, 0.1) is 0 Å². The van der Waals surface area contributed by atoms with Crippen molar-refractivity contribution in [3.8, 4) is 16.9 Å². The normalized spacial score (nSPS) is 11.0. The van der Waals surface area contributed by atoms with Gasteiger partial charge in [-0.25, -0.2) is 0 Å². The highest BCUT2D eigenvalue weighted by Gasteiger charge is 2.09. The first-order valence-corrected chi connectivity index (χ1v) is 6.70. The van der Waals surface area contributed by atoms with Crippen LogP contribution in [0.4, 0.5) is 0 Å². The quantitative estimate of drug-likeness (QED) is 0.397. The maximum absolute atomic E-state index is 11.8. The van der Waals surface area contributed by atoms with E-state index in [1.54, 1.807) is 25.1 Å². The largest absolute Gasteiger partial charge is 0.507 e. The fourth-order valence-electron chi connectivity index (χ4n) is 2.09. The fraction of sp³-hybridized carbons (Fsp3) is 0.0588. The molecular weight excluding hydrogens is 278 g/mol. The Bertz CT molecular complexity index is 751. The first-order valence-electron chi connectivity index (χ1n) is 6.70. The van der Waals surface area contributed by atoms with Gasteiger partial charge in [-0.3, -0.25) is 15.5 Å². The van der Waals surface area contributed by atoms with E-state index in [2.05, 4.69) is 5.32 Å². The van der Waals surface area contributed by atoms with Gasteiger partial charge in [0.2, 0.25) is 0 Å². The van der Waals surface area contributed by atoms with Crippen LogP contribution in [-0.4, -0.2) is 17.0 Å². The third-order valence-corrected chi connectivity index (χ3v) is 3.13. The number of carbonyl (C=O) groups excluding carboxylic acids is 1. The molecule has 0 atom stereocenters. The van der Waals surface area contributed by atoms with Crippen molar-refractivity contribution in [1.82, 2.24) is 5.32 Å². The zero-order valence-corrected chi connectivity index (χ0v) is 12.1. The number of nitrogens with two attached hydrogens (primary N) is 1. The number of hydrogen-bond donors (Lipinski definition) is 4. The highest BCUT2D eigenvalue weighted by atomic mass is 16.3. The molecule has 2 rings (SSSR count). The number of guanidine groups is 1. The summed E-state index contributed by atoms with van der Waals surface area (Å²) in [6.07, 6.45) is 1.69. The van der Waals surface area contributed by atoms with Gasteiger partial charge in [-0.2, -0.15) is 0 Å². The summed E-state index contributed by atoms with van der Waals surface area (Å²) in [6, 6.07) is 14.5. The third-order valence-electron chi connectivity index (χ3n) is 3.13. The molecule has 0 saturated carbocycles. The highest BCUT2D eigenvalue weighted by molar-refractivity contribution is 6.06.